The first-order valence-corrected chi connectivity index (χ1v) is 16.0. The second-order valence-electron chi connectivity index (χ2n) is 15.3. The van der Waals surface area contributed by atoms with Gasteiger partial charge < -0.3 is 16.2 Å². The van der Waals surface area contributed by atoms with Crippen LogP contribution >= 0.6 is 0 Å². The SMILES string of the molecule is CC(C)=CCCC(C)C1CCC2C3CC=C4C(C)(C)C(OC(=O)c5cc(N)cc(N)c5)CCC4(C)C3CC[C@]12C. The Morgan fingerprint density at radius 1 is 1.00 bits per heavy atom. The van der Waals surface area contributed by atoms with E-state index in [2.05, 4.69) is 60.6 Å². The van der Waals surface area contributed by atoms with E-state index in [1.807, 2.05) is 0 Å². The lowest BCUT2D eigenvalue weighted by Gasteiger charge is -2.61. The molecule has 0 aliphatic heterocycles. The molecule has 220 valence electrons. The molecule has 0 amide bonds. The molecule has 5 rings (SSSR count). The van der Waals surface area contributed by atoms with Crippen molar-refractivity contribution in [1.29, 1.82) is 0 Å². The third-order valence-corrected chi connectivity index (χ3v) is 12.3. The number of anilines is 2. The van der Waals surface area contributed by atoms with Crippen LogP contribution in [-0.4, -0.2) is 12.1 Å². The van der Waals surface area contributed by atoms with E-state index < -0.39 is 0 Å². The minimum atomic E-state index is -0.320. The maximum atomic E-state index is 13.2. The standard InChI is InChI=1S/C36H54N2O2/c1-22(2)9-8-10-23(3)28-12-13-29-27-11-14-31-34(4,5)32(40-33(39)24-19-25(37)21-26(38)20-24)16-18-36(31,7)30(27)15-17-35(28,29)6/h9,14,19-21,23,27-30,32H,8,10-13,15-18,37-38H2,1-7H3/t23?,27?,28?,29?,30?,32?,35-,36?/m1/s1. The first-order valence-electron chi connectivity index (χ1n) is 16.0. The van der Waals surface area contributed by atoms with Gasteiger partial charge in [0.1, 0.15) is 6.10 Å². The Kier molecular flexibility index (Phi) is 7.72. The number of rotatable bonds is 6. The van der Waals surface area contributed by atoms with Gasteiger partial charge in [-0.15, -0.1) is 0 Å². The van der Waals surface area contributed by atoms with Gasteiger partial charge in [0.05, 0.1) is 5.56 Å². The Bertz CT molecular complexity index is 1170. The summed E-state index contributed by atoms with van der Waals surface area (Å²) in [6, 6.07) is 5.00. The predicted octanol–water partition coefficient (Wildman–Crippen LogP) is 8.97. The Morgan fingerprint density at radius 3 is 2.38 bits per heavy atom. The highest BCUT2D eigenvalue weighted by Crippen LogP contribution is 2.69. The predicted molar refractivity (Wildman–Crippen MR) is 167 cm³/mol. The third-order valence-electron chi connectivity index (χ3n) is 12.3. The van der Waals surface area contributed by atoms with Crippen LogP contribution in [0.5, 0.6) is 0 Å². The van der Waals surface area contributed by atoms with E-state index in [1.165, 1.54) is 56.1 Å². The molecule has 0 heterocycles. The van der Waals surface area contributed by atoms with Gasteiger partial charge in [-0.25, -0.2) is 4.79 Å². The lowest BCUT2D eigenvalue weighted by Crippen LogP contribution is -2.55. The smallest absolute Gasteiger partial charge is 0.338 e. The zero-order valence-electron chi connectivity index (χ0n) is 26.2. The van der Waals surface area contributed by atoms with E-state index >= 15 is 0 Å². The Hall–Kier alpha value is -2.23. The van der Waals surface area contributed by atoms with Crippen LogP contribution < -0.4 is 11.5 Å². The Balaban J connectivity index is 1.33. The monoisotopic (exact) mass is 546 g/mol. The van der Waals surface area contributed by atoms with E-state index in [1.54, 1.807) is 18.2 Å². The highest BCUT2D eigenvalue weighted by Gasteiger charge is 2.61. The van der Waals surface area contributed by atoms with E-state index in [4.69, 9.17) is 16.2 Å². The number of hydrogen-bond donors (Lipinski definition) is 2. The molecule has 40 heavy (non-hydrogen) atoms. The number of carbonyl (C=O) groups excluding carboxylic acids is 1. The molecule has 0 bridgehead atoms. The van der Waals surface area contributed by atoms with Crippen LogP contribution in [0.1, 0.15) is 117 Å². The molecule has 0 saturated heterocycles. The highest BCUT2D eigenvalue weighted by molar-refractivity contribution is 5.92. The summed E-state index contributed by atoms with van der Waals surface area (Å²) in [4.78, 5) is 13.2. The summed E-state index contributed by atoms with van der Waals surface area (Å²) in [5.41, 5.74) is 16.8. The summed E-state index contributed by atoms with van der Waals surface area (Å²) in [5.74, 6) is 3.69. The second kappa shape index (κ2) is 10.6. The molecule has 1 aromatic rings. The van der Waals surface area contributed by atoms with Gasteiger partial charge in [0, 0.05) is 16.8 Å². The van der Waals surface area contributed by atoms with Crippen LogP contribution in [0.25, 0.3) is 0 Å². The summed E-state index contributed by atoms with van der Waals surface area (Å²) in [5, 5.41) is 0. The maximum absolute atomic E-state index is 13.2. The van der Waals surface area contributed by atoms with Crippen LogP contribution in [0.3, 0.4) is 0 Å². The van der Waals surface area contributed by atoms with E-state index in [-0.39, 0.29) is 22.9 Å². The molecule has 7 unspecified atom stereocenters. The van der Waals surface area contributed by atoms with Crippen molar-refractivity contribution in [3.8, 4) is 0 Å². The quantitative estimate of drug-likeness (QED) is 0.212. The number of nitrogen functional groups attached to an aromatic ring is 2. The number of esters is 1. The first kappa shape index (κ1) is 29.3. The zero-order chi connectivity index (χ0) is 29.0. The van der Waals surface area contributed by atoms with Gasteiger partial charge in [0.25, 0.3) is 0 Å². The molecular formula is C36H54N2O2. The third kappa shape index (κ3) is 4.92. The highest BCUT2D eigenvalue weighted by atomic mass is 16.5. The topological polar surface area (TPSA) is 78.3 Å². The number of hydrogen-bond acceptors (Lipinski definition) is 4. The molecule has 1 aromatic carbocycles. The largest absolute Gasteiger partial charge is 0.458 e. The van der Waals surface area contributed by atoms with Crippen molar-refractivity contribution < 1.29 is 9.53 Å². The van der Waals surface area contributed by atoms with Gasteiger partial charge in [0.15, 0.2) is 0 Å². The molecule has 4 nitrogen and oxygen atoms in total. The van der Waals surface area contributed by atoms with Crippen LogP contribution in [0.4, 0.5) is 11.4 Å². The number of carbonyl (C=O) groups is 1. The van der Waals surface area contributed by atoms with Gasteiger partial charge in [-0.05, 0) is 130 Å². The molecule has 4 aliphatic carbocycles. The van der Waals surface area contributed by atoms with Crippen LogP contribution in [0.2, 0.25) is 0 Å². The lowest BCUT2D eigenvalue weighted by molar-refractivity contribution is -0.0826. The maximum Gasteiger partial charge on any atom is 0.338 e. The van der Waals surface area contributed by atoms with E-state index in [0.717, 1.165) is 42.4 Å². The van der Waals surface area contributed by atoms with Crippen molar-refractivity contribution >= 4 is 17.3 Å². The van der Waals surface area contributed by atoms with Gasteiger partial charge in [-0.3, -0.25) is 0 Å². The fourth-order valence-electron chi connectivity index (χ4n) is 10.4. The number of allylic oxidation sites excluding steroid dienone is 3. The Labute approximate surface area is 243 Å². The molecule has 4 N–H and O–H groups in total. The molecule has 3 saturated carbocycles. The number of nitrogens with two attached hydrogens (primary N) is 2. The summed E-state index contributed by atoms with van der Waals surface area (Å²) in [6.07, 6.45) is 16.1. The molecular weight excluding hydrogens is 492 g/mol. The summed E-state index contributed by atoms with van der Waals surface area (Å²) < 4.78 is 6.21. The number of benzene rings is 1. The Morgan fingerprint density at radius 2 is 1.70 bits per heavy atom. The average Bonchev–Trinajstić information content (AvgIpc) is 3.22. The van der Waals surface area contributed by atoms with Crippen molar-refractivity contribution in [2.45, 2.75) is 112 Å². The zero-order valence-corrected chi connectivity index (χ0v) is 26.2. The fourth-order valence-corrected chi connectivity index (χ4v) is 10.4. The lowest BCUT2D eigenvalue weighted by atomic mass is 9.44. The molecule has 3 fully saturated rings. The van der Waals surface area contributed by atoms with Crippen LogP contribution in [-0.2, 0) is 4.74 Å². The minimum Gasteiger partial charge on any atom is -0.458 e. The number of fused-ring (bicyclic) bond motifs is 5. The van der Waals surface area contributed by atoms with Crippen molar-refractivity contribution in [3.63, 3.8) is 0 Å². The fraction of sp³-hybridized carbons (Fsp3) is 0.694. The second-order valence-corrected chi connectivity index (χ2v) is 15.3. The van der Waals surface area contributed by atoms with Crippen molar-refractivity contribution in [2.75, 3.05) is 11.5 Å². The minimum absolute atomic E-state index is 0.148. The molecule has 4 heteroatoms. The van der Waals surface area contributed by atoms with Gasteiger partial charge >= 0.3 is 5.97 Å². The summed E-state index contributed by atoms with van der Waals surface area (Å²) >= 11 is 0. The molecule has 0 aromatic heterocycles. The van der Waals surface area contributed by atoms with Crippen LogP contribution in [0, 0.1) is 45.8 Å². The van der Waals surface area contributed by atoms with Crippen molar-refractivity contribution in [2.24, 2.45) is 45.8 Å². The number of ether oxygens (including phenoxy) is 1. The molecule has 0 radical (unpaired) electrons. The van der Waals surface area contributed by atoms with E-state index in [0.29, 0.717) is 22.4 Å². The van der Waals surface area contributed by atoms with Gasteiger partial charge in [0.2, 0.25) is 0 Å². The van der Waals surface area contributed by atoms with Crippen LogP contribution in [0.15, 0.2) is 41.5 Å². The summed E-state index contributed by atoms with van der Waals surface area (Å²) in [7, 11) is 0. The first-order chi connectivity index (χ1) is 18.8. The van der Waals surface area contributed by atoms with Gasteiger partial charge in [-0.1, -0.05) is 57.9 Å². The van der Waals surface area contributed by atoms with Crippen molar-refractivity contribution in [3.05, 3.63) is 47.1 Å². The average molecular weight is 547 g/mol. The molecule has 4 aliphatic rings. The molecule has 8 atom stereocenters. The van der Waals surface area contributed by atoms with E-state index in [9.17, 15) is 4.79 Å². The summed E-state index contributed by atoms with van der Waals surface area (Å²) in [6.45, 7) is 16.8. The normalized spacial score (nSPS) is 36.9. The van der Waals surface area contributed by atoms with Gasteiger partial charge in [-0.2, -0.15) is 0 Å². The molecule has 0 spiro atoms. The van der Waals surface area contributed by atoms with Crippen molar-refractivity contribution in [1.82, 2.24) is 0 Å².